The molecule has 1 aromatic heterocycles. The smallest absolute Gasteiger partial charge is 0.0732 e. The molecule has 2 bridgehead atoms. The van der Waals surface area contributed by atoms with Crippen molar-refractivity contribution in [1.29, 1.82) is 0 Å². The number of aliphatic imine (C=N–C) groups is 1. The van der Waals surface area contributed by atoms with Crippen LogP contribution in [0.1, 0.15) is 23.3 Å². The van der Waals surface area contributed by atoms with Crippen LogP contribution in [-0.2, 0) is 13.0 Å². The third-order valence-electron chi connectivity index (χ3n) is 6.40. The molecule has 3 saturated heterocycles. The summed E-state index contributed by atoms with van der Waals surface area (Å²) in [4.78, 5) is 9.12. The number of benzene rings is 2. The SMILES string of the molecule is Clc1cccc(-c2ccccc2CC2C(=NCc3cccs3)C3CCN2CC3)c1Cl. The Balaban J connectivity index is 1.48. The van der Waals surface area contributed by atoms with Gasteiger partial charge in [-0.05, 0) is 61.0 Å². The van der Waals surface area contributed by atoms with Gasteiger partial charge in [0.15, 0.2) is 0 Å². The molecule has 0 radical (unpaired) electrons. The number of thiophene rings is 1. The average molecular weight is 455 g/mol. The molecule has 154 valence electrons. The molecule has 3 aromatic rings. The lowest BCUT2D eigenvalue weighted by molar-refractivity contribution is 0.145. The Kier molecular flexibility index (Phi) is 5.97. The van der Waals surface area contributed by atoms with Crippen LogP contribution in [0.15, 0.2) is 65.0 Å². The zero-order valence-electron chi connectivity index (χ0n) is 16.7. The molecule has 2 nitrogen and oxygen atoms in total. The van der Waals surface area contributed by atoms with Crippen molar-refractivity contribution < 1.29 is 0 Å². The highest BCUT2D eigenvalue weighted by Gasteiger charge is 2.39. The first kappa shape index (κ1) is 20.3. The summed E-state index contributed by atoms with van der Waals surface area (Å²) in [6.07, 6.45) is 3.43. The quantitative estimate of drug-likeness (QED) is 0.405. The summed E-state index contributed by atoms with van der Waals surface area (Å²) in [6.45, 7) is 3.15. The number of hydrogen-bond acceptors (Lipinski definition) is 3. The molecule has 5 heteroatoms. The highest BCUT2D eigenvalue weighted by molar-refractivity contribution is 7.09. The normalized spacial score (nSPS) is 24.5. The Hall–Kier alpha value is -1.65. The Morgan fingerprint density at radius 2 is 1.73 bits per heavy atom. The Morgan fingerprint density at radius 1 is 0.933 bits per heavy atom. The van der Waals surface area contributed by atoms with E-state index in [4.69, 9.17) is 28.2 Å². The molecule has 4 heterocycles. The van der Waals surface area contributed by atoms with Gasteiger partial charge in [0.2, 0.25) is 0 Å². The summed E-state index contributed by atoms with van der Waals surface area (Å²) in [6, 6.07) is 19.1. The first-order chi connectivity index (χ1) is 14.7. The van der Waals surface area contributed by atoms with Crippen LogP contribution in [0.2, 0.25) is 10.0 Å². The van der Waals surface area contributed by atoms with E-state index < -0.39 is 0 Å². The summed E-state index contributed by atoms with van der Waals surface area (Å²) in [5.41, 5.74) is 4.88. The number of piperidine rings is 3. The predicted molar refractivity (Wildman–Crippen MR) is 129 cm³/mol. The summed E-state index contributed by atoms with van der Waals surface area (Å²) < 4.78 is 0. The maximum Gasteiger partial charge on any atom is 0.0732 e. The van der Waals surface area contributed by atoms with Crippen molar-refractivity contribution in [3.8, 4) is 11.1 Å². The van der Waals surface area contributed by atoms with Crippen LogP contribution >= 0.6 is 34.5 Å². The Morgan fingerprint density at radius 3 is 2.53 bits per heavy atom. The zero-order chi connectivity index (χ0) is 20.5. The van der Waals surface area contributed by atoms with Gasteiger partial charge in [-0.25, -0.2) is 0 Å². The van der Waals surface area contributed by atoms with Gasteiger partial charge in [-0.2, -0.15) is 0 Å². The molecule has 2 aromatic carbocycles. The monoisotopic (exact) mass is 454 g/mol. The van der Waals surface area contributed by atoms with E-state index in [9.17, 15) is 0 Å². The van der Waals surface area contributed by atoms with E-state index in [0.29, 0.717) is 22.0 Å². The molecular weight excluding hydrogens is 431 g/mol. The molecule has 0 N–H and O–H groups in total. The van der Waals surface area contributed by atoms with E-state index in [0.717, 1.165) is 18.5 Å². The maximum atomic E-state index is 6.58. The van der Waals surface area contributed by atoms with Crippen LogP contribution in [0.25, 0.3) is 11.1 Å². The molecule has 0 aliphatic carbocycles. The number of nitrogens with zero attached hydrogens (tertiary/aromatic N) is 2. The van der Waals surface area contributed by atoms with Crippen molar-refractivity contribution >= 4 is 40.3 Å². The summed E-state index contributed by atoms with van der Waals surface area (Å²) in [5, 5.41) is 3.36. The van der Waals surface area contributed by atoms with E-state index in [-0.39, 0.29) is 0 Å². The standard InChI is InChI=1S/C25H24Cl2N2S/c26-22-9-3-8-21(24(22)27)20-7-2-1-5-18(20)15-23-25(17-10-12-29(23)13-11-17)28-16-19-6-4-14-30-19/h1-9,14,17,23H,10-13,15-16H2. The van der Waals surface area contributed by atoms with Gasteiger partial charge in [0, 0.05) is 22.1 Å². The van der Waals surface area contributed by atoms with E-state index in [2.05, 4.69) is 52.7 Å². The minimum Gasteiger partial charge on any atom is -0.295 e. The maximum absolute atomic E-state index is 6.58. The van der Waals surface area contributed by atoms with Crippen LogP contribution in [0.5, 0.6) is 0 Å². The van der Waals surface area contributed by atoms with Gasteiger partial charge in [0.25, 0.3) is 0 Å². The molecule has 0 saturated carbocycles. The minimum atomic E-state index is 0.372. The Labute approximate surface area is 192 Å². The van der Waals surface area contributed by atoms with Gasteiger partial charge in [-0.3, -0.25) is 9.89 Å². The molecule has 1 unspecified atom stereocenters. The lowest BCUT2D eigenvalue weighted by atomic mass is 9.78. The fourth-order valence-corrected chi connectivity index (χ4v) is 5.92. The van der Waals surface area contributed by atoms with Crippen LogP contribution in [0, 0.1) is 5.92 Å². The number of hydrogen-bond donors (Lipinski definition) is 0. The largest absolute Gasteiger partial charge is 0.295 e. The summed E-state index contributed by atoms with van der Waals surface area (Å²) in [5.74, 6) is 0.627. The second kappa shape index (κ2) is 8.84. The van der Waals surface area contributed by atoms with Gasteiger partial charge in [-0.15, -0.1) is 11.3 Å². The van der Waals surface area contributed by atoms with Crippen molar-refractivity contribution in [3.05, 3.63) is 80.5 Å². The number of rotatable bonds is 5. The van der Waals surface area contributed by atoms with Crippen molar-refractivity contribution in [2.24, 2.45) is 10.9 Å². The zero-order valence-corrected chi connectivity index (χ0v) is 19.1. The van der Waals surface area contributed by atoms with Crippen molar-refractivity contribution in [3.63, 3.8) is 0 Å². The topological polar surface area (TPSA) is 15.6 Å². The highest BCUT2D eigenvalue weighted by atomic mass is 35.5. The van der Waals surface area contributed by atoms with Crippen LogP contribution < -0.4 is 0 Å². The molecule has 3 aliphatic heterocycles. The lowest BCUT2D eigenvalue weighted by Gasteiger charge is -2.47. The fraction of sp³-hybridized carbons (Fsp3) is 0.320. The van der Waals surface area contributed by atoms with Crippen molar-refractivity contribution in [1.82, 2.24) is 4.90 Å². The molecule has 0 amide bonds. The predicted octanol–water partition coefficient (Wildman–Crippen LogP) is 7.00. The van der Waals surface area contributed by atoms with Crippen molar-refractivity contribution in [2.45, 2.75) is 31.8 Å². The third-order valence-corrected chi connectivity index (χ3v) is 8.08. The van der Waals surface area contributed by atoms with Crippen LogP contribution in [0.3, 0.4) is 0 Å². The molecule has 6 rings (SSSR count). The highest BCUT2D eigenvalue weighted by Crippen LogP contribution is 2.38. The lowest BCUT2D eigenvalue weighted by Crippen LogP contribution is -2.56. The van der Waals surface area contributed by atoms with E-state index in [1.54, 1.807) is 11.3 Å². The summed E-state index contributed by atoms with van der Waals surface area (Å²) >= 11 is 14.7. The van der Waals surface area contributed by atoms with E-state index >= 15 is 0 Å². The molecular formula is C25H24Cl2N2S. The van der Waals surface area contributed by atoms with E-state index in [1.807, 2.05) is 12.1 Å². The fourth-order valence-electron chi connectivity index (χ4n) is 4.89. The second-order valence-electron chi connectivity index (χ2n) is 8.11. The van der Waals surface area contributed by atoms with Crippen LogP contribution in [0.4, 0.5) is 0 Å². The third kappa shape index (κ3) is 3.97. The number of fused-ring (bicyclic) bond motifs is 3. The van der Waals surface area contributed by atoms with Gasteiger partial charge in [0.05, 0.1) is 22.6 Å². The number of halogens is 2. The van der Waals surface area contributed by atoms with Gasteiger partial charge in [0.1, 0.15) is 0 Å². The van der Waals surface area contributed by atoms with E-state index in [1.165, 1.54) is 47.6 Å². The second-order valence-corrected chi connectivity index (χ2v) is 9.93. The molecule has 3 fully saturated rings. The first-order valence-corrected chi connectivity index (χ1v) is 12.2. The van der Waals surface area contributed by atoms with Gasteiger partial charge >= 0.3 is 0 Å². The molecule has 1 atom stereocenters. The summed E-state index contributed by atoms with van der Waals surface area (Å²) in [7, 11) is 0. The molecule has 30 heavy (non-hydrogen) atoms. The van der Waals surface area contributed by atoms with Gasteiger partial charge in [-0.1, -0.05) is 65.7 Å². The van der Waals surface area contributed by atoms with Gasteiger partial charge < -0.3 is 0 Å². The van der Waals surface area contributed by atoms with Crippen molar-refractivity contribution in [2.75, 3.05) is 13.1 Å². The first-order valence-electron chi connectivity index (χ1n) is 10.5. The molecule has 3 aliphatic rings. The van der Waals surface area contributed by atoms with Crippen LogP contribution in [-0.4, -0.2) is 29.7 Å². The average Bonchev–Trinajstić information content (AvgIpc) is 3.30. The molecule has 0 spiro atoms. The minimum absolute atomic E-state index is 0.372. The Bertz CT molecular complexity index is 1050.